The maximum Gasteiger partial charge on any atom is 0.230 e. The molecule has 5 nitrogen and oxygen atoms in total. The van der Waals surface area contributed by atoms with Gasteiger partial charge in [-0.3, -0.25) is 9.80 Å². The van der Waals surface area contributed by atoms with Crippen molar-refractivity contribution >= 4 is 0 Å². The molecule has 2 saturated heterocycles. The third kappa shape index (κ3) is 2.67. The molecule has 2 unspecified atom stereocenters. The lowest BCUT2D eigenvalue weighted by atomic mass is 10.1. The van der Waals surface area contributed by atoms with E-state index in [4.69, 9.17) is 4.42 Å². The first kappa shape index (κ1) is 13.1. The highest BCUT2D eigenvalue weighted by molar-refractivity contribution is 4.93. The molecule has 2 bridgehead atoms. The summed E-state index contributed by atoms with van der Waals surface area (Å²) >= 11 is 0. The van der Waals surface area contributed by atoms with Gasteiger partial charge < -0.3 is 4.42 Å². The van der Waals surface area contributed by atoms with Crippen LogP contribution in [-0.2, 0) is 6.54 Å². The molecule has 2 atom stereocenters. The Morgan fingerprint density at radius 3 is 2.74 bits per heavy atom. The summed E-state index contributed by atoms with van der Waals surface area (Å²) in [6.45, 7) is 7.24. The van der Waals surface area contributed by atoms with E-state index in [2.05, 4.69) is 40.9 Å². The zero-order valence-electron chi connectivity index (χ0n) is 12.2. The van der Waals surface area contributed by atoms with Gasteiger partial charge in [0, 0.05) is 31.1 Å². The van der Waals surface area contributed by atoms with Crippen LogP contribution in [0.3, 0.4) is 0 Å². The molecule has 0 aromatic carbocycles. The molecule has 0 saturated carbocycles. The fraction of sp³-hybridized carbons (Fsp3) is 0.857. The Kier molecular flexibility index (Phi) is 3.58. The Hall–Kier alpha value is -0.940. The Morgan fingerprint density at radius 2 is 2.00 bits per heavy atom. The lowest BCUT2D eigenvalue weighted by Crippen LogP contribution is -2.36. The first-order valence-electron chi connectivity index (χ1n) is 7.40. The molecule has 3 heterocycles. The lowest BCUT2D eigenvalue weighted by molar-refractivity contribution is 0.201. The normalized spacial score (nSPS) is 29.1. The molecule has 5 heteroatoms. The molecule has 1 aromatic rings. The van der Waals surface area contributed by atoms with Crippen molar-refractivity contribution in [2.24, 2.45) is 0 Å². The van der Waals surface area contributed by atoms with Gasteiger partial charge >= 0.3 is 0 Å². The van der Waals surface area contributed by atoms with E-state index in [1.165, 1.54) is 19.3 Å². The van der Waals surface area contributed by atoms with E-state index in [1.54, 1.807) is 0 Å². The fourth-order valence-electron chi connectivity index (χ4n) is 3.28. The SMILES string of the molecule is CC(C)c1nnc(CN2CCC3CCC(C2)N3C)o1. The average Bonchev–Trinajstić information content (AvgIpc) is 2.89. The van der Waals surface area contributed by atoms with Gasteiger partial charge in [-0.05, 0) is 26.3 Å². The van der Waals surface area contributed by atoms with Crippen LogP contribution in [0.4, 0.5) is 0 Å². The van der Waals surface area contributed by atoms with Crippen LogP contribution < -0.4 is 0 Å². The number of likely N-dealkylation sites (tertiary alicyclic amines) is 1. The van der Waals surface area contributed by atoms with Crippen molar-refractivity contribution in [2.75, 3.05) is 20.1 Å². The minimum atomic E-state index is 0.313. The Labute approximate surface area is 115 Å². The summed E-state index contributed by atoms with van der Waals surface area (Å²) in [5, 5.41) is 8.29. The second-order valence-electron chi connectivity index (χ2n) is 6.26. The second kappa shape index (κ2) is 5.21. The third-order valence-electron chi connectivity index (χ3n) is 4.57. The number of nitrogens with zero attached hydrogens (tertiary/aromatic N) is 4. The maximum absolute atomic E-state index is 5.72. The fourth-order valence-corrected chi connectivity index (χ4v) is 3.28. The Morgan fingerprint density at radius 1 is 1.21 bits per heavy atom. The monoisotopic (exact) mass is 264 g/mol. The number of likely N-dealkylation sites (N-methyl/N-ethyl adjacent to an activating group) is 1. The molecule has 2 aliphatic rings. The molecule has 19 heavy (non-hydrogen) atoms. The Balaban J connectivity index is 1.63. The molecule has 2 aliphatic heterocycles. The first-order valence-corrected chi connectivity index (χ1v) is 7.40. The quantitative estimate of drug-likeness (QED) is 0.834. The van der Waals surface area contributed by atoms with Crippen molar-refractivity contribution in [1.29, 1.82) is 0 Å². The highest BCUT2D eigenvalue weighted by Gasteiger charge is 2.34. The molecule has 106 valence electrons. The van der Waals surface area contributed by atoms with Gasteiger partial charge in [-0.1, -0.05) is 13.8 Å². The van der Waals surface area contributed by atoms with Crippen molar-refractivity contribution in [1.82, 2.24) is 20.0 Å². The van der Waals surface area contributed by atoms with Crippen molar-refractivity contribution in [3.8, 4) is 0 Å². The van der Waals surface area contributed by atoms with Crippen LogP contribution in [0.5, 0.6) is 0 Å². The number of fused-ring (bicyclic) bond motifs is 2. The summed E-state index contributed by atoms with van der Waals surface area (Å²) in [6, 6.07) is 1.49. The molecule has 0 aliphatic carbocycles. The minimum absolute atomic E-state index is 0.313. The first-order chi connectivity index (χ1) is 9.13. The van der Waals surface area contributed by atoms with Crippen LogP contribution in [0.25, 0.3) is 0 Å². The molecule has 0 amide bonds. The van der Waals surface area contributed by atoms with Crippen molar-refractivity contribution in [3.05, 3.63) is 11.8 Å². The van der Waals surface area contributed by atoms with Gasteiger partial charge in [0.2, 0.25) is 11.8 Å². The van der Waals surface area contributed by atoms with Crippen molar-refractivity contribution in [2.45, 2.75) is 57.7 Å². The maximum atomic E-state index is 5.72. The molecular formula is C14H24N4O. The average molecular weight is 264 g/mol. The van der Waals surface area contributed by atoms with E-state index >= 15 is 0 Å². The molecule has 0 radical (unpaired) electrons. The van der Waals surface area contributed by atoms with E-state index in [9.17, 15) is 0 Å². The number of hydrogen-bond acceptors (Lipinski definition) is 5. The van der Waals surface area contributed by atoms with E-state index in [0.29, 0.717) is 12.0 Å². The minimum Gasteiger partial charge on any atom is -0.424 e. The van der Waals surface area contributed by atoms with Gasteiger partial charge in [0.25, 0.3) is 0 Å². The second-order valence-corrected chi connectivity index (χ2v) is 6.26. The summed E-state index contributed by atoms with van der Waals surface area (Å²) < 4.78 is 5.72. The van der Waals surface area contributed by atoms with Crippen LogP contribution in [-0.4, -0.2) is 52.2 Å². The van der Waals surface area contributed by atoms with Crippen molar-refractivity contribution in [3.63, 3.8) is 0 Å². The van der Waals surface area contributed by atoms with Crippen LogP contribution in [0, 0.1) is 0 Å². The molecule has 0 spiro atoms. The highest BCUT2D eigenvalue weighted by atomic mass is 16.4. The highest BCUT2D eigenvalue weighted by Crippen LogP contribution is 2.29. The summed E-state index contributed by atoms with van der Waals surface area (Å²) in [5.74, 6) is 1.83. The Bertz CT molecular complexity index is 431. The van der Waals surface area contributed by atoms with E-state index in [-0.39, 0.29) is 0 Å². The predicted molar refractivity (Wildman–Crippen MR) is 72.9 cm³/mol. The molecule has 0 N–H and O–H groups in total. The van der Waals surface area contributed by atoms with Gasteiger partial charge in [0.1, 0.15) is 0 Å². The van der Waals surface area contributed by atoms with Crippen LogP contribution in [0.1, 0.15) is 50.8 Å². The van der Waals surface area contributed by atoms with E-state index in [0.717, 1.165) is 37.5 Å². The lowest BCUT2D eigenvalue weighted by Gasteiger charge is -2.24. The van der Waals surface area contributed by atoms with Gasteiger partial charge in [-0.25, -0.2) is 0 Å². The number of aromatic nitrogens is 2. The van der Waals surface area contributed by atoms with Crippen LogP contribution in [0.2, 0.25) is 0 Å². The molecule has 1 aromatic heterocycles. The van der Waals surface area contributed by atoms with E-state index in [1.807, 2.05) is 0 Å². The summed E-state index contributed by atoms with van der Waals surface area (Å²) in [5.41, 5.74) is 0. The zero-order valence-corrected chi connectivity index (χ0v) is 12.2. The summed E-state index contributed by atoms with van der Waals surface area (Å²) in [7, 11) is 2.27. The number of hydrogen-bond donors (Lipinski definition) is 0. The van der Waals surface area contributed by atoms with Crippen molar-refractivity contribution < 1.29 is 4.42 Å². The third-order valence-corrected chi connectivity index (χ3v) is 4.57. The largest absolute Gasteiger partial charge is 0.424 e. The predicted octanol–water partition coefficient (Wildman–Crippen LogP) is 1.86. The van der Waals surface area contributed by atoms with Crippen LogP contribution >= 0.6 is 0 Å². The van der Waals surface area contributed by atoms with Gasteiger partial charge in [0.15, 0.2) is 0 Å². The van der Waals surface area contributed by atoms with Crippen LogP contribution in [0.15, 0.2) is 4.42 Å². The molecule has 2 fully saturated rings. The van der Waals surface area contributed by atoms with Gasteiger partial charge in [-0.2, -0.15) is 0 Å². The van der Waals surface area contributed by atoms with Gasteiger partial charge in [0.05, 0.1) is 6.54 Å². The standard InChI is InChI=1S/C14H24N4O/c1-10(2)14-16-15-13(19-14)9-18-7-6-11-4-5-12(8-18)17(11)3/h10-12H,4-9H2,1-3H3. The van der Waals surface area contributed by atoms with E-state index < -0.39 is 0 Å². The summed E-state index contributed by atoms with van der Waals surface area (Å²) in [4.78, 5) is 5.03. The zero-order chi connectivity index (χ0) is 13.4. The molecular weight excluding hydrogens is 240 g/mol. The van der Waals surface area contributed by atoms with Gasteiger partial charge in [-0.15, -0.1) is 10.2 Å². The summed E-state index contributed by atoms with van der Waals surface area (Å²) in [6.07, 6.45) is 3.96. The topological polar surface area (TPSA) is 45.4 Å². The number of rotatable bonds is 3. The molecule has 3 rings (SSSR count). The smallest absolute Gasteiger partial charge is 0.230 e.